The number of carboxylic acids is 3. The molecule has 9 N–H and O–H groups in total. The number of rotatable bonds is 7. The van der Waals surface area contributed by atoms with Gasteiger partial charge < -0.3 is 37.3 Å². The Morgan fingerprint density at radius 3 is 1.76 bits per heavy atom. The summed E-state index contributed by atoms with van der Waals surface area (Å²) in [5, 5.41) is 24.4. The second-order valence-electron chi connectivity index (χ2n) is 3.81. The van der Waals surface area contributed by atoms with Crippen LogP contribution in [0.4, 0.5) is 0 Å². The van der Waals surface area contributed by atoms with E-state index in [0.717, 1.165) is 0 Å². The molecule has 0 aliphatic rings. The monoisotopic (exact) mass is 309 g/mol. The number of carboxylic acid groups (broad SMARTS) is 3. The first-order valence-corrected chi connectivity index (χ1v) is 5.61. The molecule has 0 rings (SSSR count). The van der Waals surface area contributed by atoms with Crippen molar-refractivity contribution < 1.29 is 39.2 Å². The van der Waals surface area contributed by atoms with Crippen molar-refractivity contribution in [2.24, 2.45) is 17.2 Å². The number of esters is 1. The summed E-state index contributed by atoms with van der Waals surface area (Å²) in [5.41, 5.74) is 14.9. The zero-order chi connectivity index (χ0) is 17.2. The quantitative estimate of drug-likeness (QED) is 0.263. The molecular formula is C10H19N3O8. The molecule has 0 spiro atoms. The van der Waals surface area contributed by atoms with Gasteiger partial charge in [0.1, 0.15) is 18.2 Å². The topological polar surface area (TPSA) is 216 Å². The van der Waals surface area contributed by atoms with E-state index in [1.54, 1.807) is 0 Å². The Bertz CT molecular complexity index is 386. The Balaban J connectivity index is 0. The SMILES string of the molecule is C[C@@H](OC(=O)CN)[C@H](N)C(=O)O.N[C@@H](CC(=O)O)C(=O)O. The third-order valence-electron chi connectivity index (χ3n) is 1.99. The van der Waals surface area contributed by atoms with Crippen molar-refractivity contribution in [3.8, 4) is 0 Å². The average molecular weight is 309 g/mol. The molecule has 0 saturated heterocycles. The minimum Gasteiger partial charge on any atom is -0.481 e. The average Bonchev–Trinajstić information content (AvgIpc) is 2.37. The van der Waals surface area contributed by atoms with Crippen LogP contribution in [0.15, 0.2) is 0 Å². The van der Waals surface area contributed by atoms with Gasteiger partial charge in [-0.1, -0.05) is 0 Å². The molecule has 0 aromatic carbocycles. The van der Waals surface area contributed by atoms with E-state index < -0.39 is 48.5 Å². The van der Waals surface area contributed by atoms with Gasteiger partial charge in [-0.3, -0.25) is 19.2 Å². The van der Waals surface area contributed by atoms with Crippen molar-refractivity contribution in [1.29, 1.82) is 0 Å². The molecule has 11 heteroatoms. The first-order chi connectivity index (χ1) is 9.52. The van der Waals surface area contributed by atoms with Crippen LogP contribution in [-0.4, -0.2) is 63.9 Å². The molecule has 0 unspecified atom stereocenters. The van der Waals surface area contributed by atoms with Crippen LogP contribution >= 0.6 is 0 Å². The van der Waals surface area contributed by atoms with E-state index in [2.05, 4.69) is 4.74 Å². The van der Waals surface area contributed by atoms with Gasteiger partial charge in [0.15, 0.2) is 0 Å². The summed E-state index contributed by atoms with van der Waals surface area (Å²) in [6, 6.07) is -2.50. The second-order valence-corrected chi connectivity index (χ2v) is 3.81. The summed E-state index contributed by atoms with van der Waals surface area (Å²) < 4.78 is 4.55. The maximum Gasteiger partial charge on any atom is 0.324 e. The lowest BCUT2D eigenvalue weighted by Gasteiger charge is -2.15. The lowest BCUT2D eigenvalue weighted by Crippen LogP contribution is -2.43. The molecule has 21 heavy (non-hydrogen) atoms. The Hall–Kier alpha value is -2.24. The van der Waals surface area contributed by atoms with E-state index >= 15 is 0 Å². The fourth-order valence-electron chi connectivity index (χ4n) is 0.805. The highest BCUT2D eigenvalue weighted by Crippen LogP contribution is 1.96. The Kier molecular flexibility index (Phi) is 10.6. The van der Waals surface area contributed by atoms with Gasteiger partial charge in [-0.05, 0) is 6.92 Å². The van der Waals surface area contributed by atoms with E-state index in [9.17, 15) is 19.2 Å². The van der Waals surface area contributed by atoms with Gasteiger partial charge in [0.2, 0.25) is 0 Å². The van der Waals surface area contributed by atoms with E-state index in [0.29, 0.717) is 0 Å². The molecule has 0 radical (unpaired) electrons. The molecule has 122 valence electrons. The number of hydrogen-bond acceptors (Lipinski definition) is 8. The highest BCUT2D eigenvalue weighted by molar-refractivity contribution is 5.80. The summed E-state index contributed by atoms with van der Waals surface area (Å²) in [6.45, 7) is 1.11. The maximum absolute atomic E-state index is 10.6. The fraction of sp³-hybridized carbons (Fsp3) is 0.600. The van der Waals surface area contributed by atoms with E-state index in [1.165, 1.54) is 6.92 Å². The Morgan fingerprint density at radius 1 is 1.05 bits per heavy atom. The molecule has 0 saturated carbocycles. The van der Waals surface area contributed by atoms with Crippen molar-refractivity contribution in [3.63, 3.8) is 0 Å². The molecule has 11 nitrogen and oxygen atoms in total. The van der Waals surface area contributed by atoms with Gasteiger partial charge in [-0.15, -0.1) is 0 Å². The second kappa shape index (κ2) is 10.5. The van der Waals surface area contributed by atoms with Gasteiger partial charge in [0, 0.05) is 0 Å². The molecule has 0 aliphatic carbocycles. The van der Waals surface area contributed by atoms with Crippen molar-refractivity contribution >= 4 is 23.9 Å². The van der Waals surface area contributed by atoms with Gasteiger partial charge in [-0.2, -0.15) is 0 Å². The Labute approximate surface area is 119 Å². The van der Waals surface area contributed by atoms with Crippen molar-refractivity contribution in [2.45, 2.75) is 31.5 Å². The van der Waals surface area contributed by atoms with E-state index in [4.69, 9.17) is 32.5 Å². The first kappa shape index (κ1) is 21.1. The van der Waals surface area contributed by atoms with Crippen molar-refractivity contribution in [2.75, 3.05) is 6.54 Å². The maximum atomic E-state index is 10.6. The molecular weight excluding hydrogens is 290 g/mol. The predicted molar refractivity (Wildman–Crippen MR) is 68.1 cm³/mol. The van der Waals surface area contributed by atoms with Crippen LogP contribution in [0.3, 0.4) is 0 Å². The van der Waals surface area contributed by atoms with E-state index in [-0.39, 0.29) is 6.54 Å². The van der Waals surface area contributed by atoms with Crippen LogP contribution < -0.4 is 17.2 Å². The largest absolute Gasteiger partial charge is 0.481 e. The number of ether oxygens (including phenoxy) is 1. The number of nitrogens with two attached hydrogens (primary N) is 3. The van der Waals surface area contributed by atoms with Crippen molar-refractivity contribution in [3.05, 3.63) is 0 Å². The molecule has 0 bridgehead atoms. The number of carbonyl (C=O) groups excluding carboxylic acids is 1. The third-order valence-corrected chi connectivity index (χ3v) is 1.99. The van der Waals surface area contributed by atoms with Crippen LogP contribution in [0.5, 0.6) is 0 Å². The molecule has 0 aromatic heterocycles. The highest BCUT2D eigenvalue weighted by atomic mass is 16.5. The molecule has 0 aromatic rings. The molecule has 0 fully saturated rings. The summed E-state index contributed by atoms with van der Waals surface area (Å²) in [4.78, 5) is 40.4. The summed E-state index contributed by atoms with van der Waals surface area (Å²) in [7, 11) is 0. The highest BCUT2D eigenvalue weighted by Gasteiger charge is 2.22. The normalized spacial score (nSPS) is 13.9. The fourth-order valence-corrected chi connectivity index (χ4v) is 0.805. The summed E-state index contributed by atoms with van der Waals surface area (Å²) >= 11 is 0. The van der Waals surface area contributed by atoms with Gasteiger partial charge in [-0.25, -0.2) is 0 Å². The summed E-state index contributed by atoms with van der Waals surface area (Å²) in [5.74, 6) is -4.38. The molecule has 0 amide bonds. The number of aliphatic carboxylic acids is 3. The van der Waals surface area contributed by atoms with E-state index in [1.807, 2.05) is 0 Å². The predicted octanol–water partition coefficient (Wildman–Crippen LogP) is -2.84. The zero-order valence-electron chi connectivity index (χ0n) is 11.3. The minimum atomic E-state index is -1.29. The van der Waals surface area contributed by atoms with Crippen LogP contribution in [0, 0.1) is 0 Å². The molecule has 3 atom stereocenters. The van der Waals surface area contributed by atoms with Gasteiger partial charge in [0.05, 0.1) is 13.0 Å². The van der Waals surface area contributed by atoms with Crippen LogP contribution in [0.25, 0.3) is 0 Å². The number of carbonyl (C=O) groups is 4. The standard InChI is InChI=1S/C6H12N2O4.C4H7NO4/c1-3(5(8)6(10)11)12-4(9)2-7;5-2(4(8)9)1-3(6)7/h3,5H,2,7-8H2,1H3,(H,10,11);2H,1,5H2,(H,6,7)(H,8,9)/t3-,5+;2-/m10/s1. The lowest BCUT2D eigenvalue weighted by molar-refractivity contribution is -0.152. The zero-order valence-corrected chi connectivity index (χ0v) is 11.3. The lowest BCUT2D eigenvalue weighted by atomic mass is 10.2. The van der Waals surface area contributed by atoms with Crippen LogP contribution in [0.2, 0.25) is 0 Å². The van der Waals surface area contributed by atoms with Crippen molar-refractivity contribution in [1.82, 2.24) is 0 Å². The molecule has 0 heterocycles. The smallest absolute Gasteiger partial charge is 0.324 e. The van der Waals surface area contributed by atoms with Crippen LogP contribution in [-0.2, 0) is 23.9 Å². The third kappa shape index (κ3) is 11.3. The first-order valence-electron chi connectivity index (χ1n) is 5.61. The summed E-state index contributed by atoms with van der Waals surface area (Å²) in [6.07, 6.45) is -1.39. The minimum absolute atomic E-state index is 0.281. The van der Waals surface area contributed by atoms with Gasteiger partial charge in [0.25, 0.3) is 0 Å². The Morgan fingerprint density at radius 2 is 1.52 bits per heavy atom. The number of hydrogen-bond donors (Lipinski definition) is 6. The van der Waals surface area contributed by atoms with Crippen LogP contribution in [0.1, 0.15) is 13.3 Å². The van der Waals surface area contributed by atoms with Gasteiger partial charge >= 0.3 is 23.9 Å². The molecule has 0 aliphatic heterocycles.